The minimum absolute atomic E-state index is 0.0545. The van der Waals surface area contributed by atoms with Crippen LogP contribution in [-0.4, -0.2) is 69.8 Å². The van der Waals surface area contributed by atoms with E-state index in [9.17, 15) is 24.0 Å². The van der Waals surface area contributed by atoms with E-state index in [-0.39, 0.29) is 29.1 Å². The van der Waals surface area contributed by atoms with Crippen molar-refractivity contribution in [3.63, 3.8) is 0 Å². The van der Waals surface area contributed by atoms with Crippen LogP contribution in [0.1, 0.15) is 151 Å². The predicted octanol–water partition coefficient (Wildman–Crippen LogP) is 11.7. The van der Waals surface area contributed by atoms with Crippen molar-refractivity contribution in [2.45, 2.75) is 130 Å². The second kappa shape index (κ2) is 31.2. The quantitative estimate of drug-likeness (QED) is 0.0214. The van der Waals surface area contributed by atoms with Gasteiger partial charge in [-0.3, -0.25) is 9.59 Å². The van der Waals surface area contributed by atoms with E-state index < -0.39 is 5.97 Å². The van der Waals surface area contributed by atoms with Gasteiger partial charge in [0.05, 0.1) is 32.0 Å². The molecule has 0 atom stereocenters. The lowest BCUT2D eigenvalue weighted by atomic mass is 9.86. The molecule has 0 spiro atoms. The normalized spacial score (nSPS) is 10.8. The third-order valence-electron chi connectivity index (χ3n) is 9.80. The molecule has 0 N–H and O–H groups in total. The highest BCUT2D eigenvalue weighted by atomic mass is 16.5. The molecule has 0 saturated carbocycles. The summed E-state index contributed by atoms with van der Waals surface area (Å²) in [6.45, 7) is 20.7. The second-order valence-corrected chi connectivity index (χ2v) is 16.9. The first-order valence-corrected chi connectivity index (χ1v) is 22.7. The molecular formula is C53H72O12. The van der Waals surface area contributed by atoms with Gasteiger partial charge < -0.3 is 33.2 Å². The van der Waals surface area contributed by atoms with Crippen molar-refractivity contribution < 1.29 is 57.1 Å². The third-order valence-corrected chi connectivity index (χ3v) is 9.80. The standard InChI is InChI=1S/C35H48O8.C18H24O4/c1-26(2)33(37)41-24-14-10-9-13-23-40-28-18-16-27(17-19-28)34(38)42-29-20-21-31(30(25-29)35(3,4)5)43-32(36)15-11-7-8-12-22-39-6;1-14(2)18(20)22-13-7-5-4-6-12-21-17-10-8-16(9-11-17)15(3)19/h16-21,25H,1,7-15,22-24H2,2-6H3;8-11H,1,4-7,12-13H2,2-3H3. The molecular weight excluding hydrogens is 829 g/mol. The van der Waals surface area contributed by atoms with E-state index in [1.54, 1.807) is 82.5 Å². The van der Waals surface area contributed by atoms with Gasteiger partial charge in [0.15, 0.2) is 5.78 Å². The van der Waals surface area contributed by atoms with E-state index in [0.717, 1.165) is 95.0 Å². The highest BCUT2D eigenvalue weighted by Gasteiger charge is 2.23. The molecule has 12 heteroatoms. The number of benzene rings is 3. The van der Waals surface area contributed by atoms with E-state index in [1.165, 1.54) is 0 Å². The Labute approximate surface area is 387 Å². The van der Waals surface area contributed by atoms with Crippen LogP contribution in [0.15, 0.2) is 91.0 Å². The average Bonchev–Trinajstić information content (AvgIpc) is 3.27. The maximum absolute atomic E-state index is 12.8. The van der Waals surface area contributed by atoms with Gasteiger partial charge in [-0.05, 0) is 157 Å². The molecule has 3 aromatic rings. The Kier molecular flexibility index (Phi) is 26.6. The Hall–Kier alpha value is -5.75. The summed E-state index contributed by atoms with van der Waals surface area (Å²) in [5.74, 6) is 0.923. The Morgan fingerprint density at radius 3 is 1.38 bits per heavy atom. The average molecular weight is 901 g/mol. The largest absolute Gasteiger partial charge is 0.494 e. The molecule has 0 radical (unpaired) electrons. The number of carbonyl (C=O) groups is 5. The molecule has 356 valence electrons. The van der Waals surface area contributed by atoms with E-state index in [1.807, 2.05) is 32.9 Å². The molecule has 0 unspecified atom stereocenters. The molecule has 0 aliphatic heterocycles. The molecule has 0 fully saturated rings. The number of methoxy groups -OCH3 is 1. The molecule has 12 nitrogen and oxygen atoms in total. The smallest absolute Gasteiger partial charge is 0.343 e. The van der Waals surface area contributed by atoms with Crippen LogP contribution in [0.3, 0.4) is 0 Å². The summed E-state index contributed by atoms with van der Waals surface area (Å²) in [7, 11) is 1.69. The number of carbonyl (C=O) groups excluding carboxylic acids is 5. The zero-order valence-electron chi connectivity index (χ0n) is 39.9. The highest BCUT2D eigenvalue weighted by Crippen LogP contribution is 2.35. The highest BCUT2D eigenvalue weighted by molar-refractivity contribution is 5.94. The lowest BCUT2D eigenvalue weighted by Gasteiger charge is -2.23. The van der Waals surface area contributed by atoms with Crippen LogP contribution >= 0.6 is 0 Å². The first kappa shape index (κ1) is 55.4. The fourth-order valence-corrected chi connectivity index (χ4v) is 6.00. The maximum atomic E-state index is 12.8. The van der Waals surface area contributed by atoms with Gasteiger partial charge in [0.1, 0.15) is 23.0 Å². The van der Waals surface area contributed by atoms with Crippen molar-refractivity contribution in [1.82, 2.24) is 0 Å². The molecule has 0 amide bonds. The number of ketones is 1. The SMILES string of the molecule is C=C(C)C(=O)OCCCCCCOc1ccc(C(=O)Oc2ccc(OC(=O)CCCCCCOC)c(C(C)(C)C)c2)cc1.C=C(C)C(=O)OCCCCCCOc1ccc(C(C)=O)cc1. The first-order chi connectivity index (χ1) is 31.0. The van der Waals surface area contributed by atoms with Gasteiger partial charge >= 0.3 is 23.9 Å². The predicted molar refractivity (Wildman–Crippen MR) is 253 cm³/mol. The van der Waals surface area contributed by atoms with Gasteiger partial charge in [0, 0.05) is 42.4 Å². The zero-order chi connectivity index (χ0) is 48.0. The van der Waals surface area contributed by atoms with Crippen LogP contribution in [0.2, 0.25) is 0 Å². The van der Waals surface area contributed by atoms with Crippen molar-refractivity contribution >= 4 is 29.7 Å². The van der Waals surface area contributed by atoms with Crippen molar-refractivity contribution in [3.05, 3.63) is 108 Å². The second-order valence-electron chi connectivity index (χ2n) is 16.9. The van der Waals surface area contributed by atoms with Crippen molar-refractivity contribution in [1.29, 1.82) is 0 Å². The summed E-state index contributed by atoms with van der Waals surface area (Å²) in [5.41, 5.74) is 2.37. The van der Waals surface area contributed by atoms with E-state index in [2.05, 4.69) is 13.2 Å². The fraction of sp³-hybridized carbons (Fsp3) is 0.491. The van der Waals surface area contributed by atoms with Crippen LogP contribution in [-0.2, 0) is 34.0 Å². The number of hydrogen-bond donors (Lipinski definition) is 0. The van der Waals surface area contributed by atoms with Gasteiger partial charge in [0.2, 0.25) is 0 Å². The Morgan fingerprint density at radius 2 is 0.938 bits per heavy atom. The van der Waals surface area contributed by atoms with Crippen LogP contribution in [0.25, 0.3) is 0 Å². The topological polar surface area (TPSA) is 150 Å². The van der Waals surface area contributed by atoms with Gasteiger partial charge in [-0.15, -0.1) is 0 Å². The number of hydrogen-bond acceptors (Lipinski definition) is 12. The minimum Gasteiger partial charge on any atom is -0.494 e. The van der Waals surface area contributed by atoms with E-state index in [4.69, 9.17) is 33.2 Å². The number of rotatable bonds is 29. The zero-order valence-corrected chi connectivity index (χ0v) is 39.9. The number of ether oxygens (including phenoxy) is 7. The van der Waals surface area contributed by atoms with Crippen LogP contribution < -0.4 is 18.9 Å². The number of esters is 4. The molecule has 3 aromatic carbocycles. The minimum atomic E-state index is -0.489. The number of unbranched alkanes of at least 4 members (excludes halogenated alkanes) is 9. The van der Waals surface area contributed by atoms with Crippen molar-refractivity contribution in [3.8, 4) is 23.0 Å². The van der Waals surface area contributed by atoms with E-state index in [0.29, 0.717) is 72.4 Å². The first-order valence-electron chi connectivity index (χ1n) is 22.7. The summed E-state index contributed by atoms with van der Waals surface area (Å²) in [6, 6.07) is 19.1. The van der Waals surface area contributed by atoms with Crippen LogP contribution in [0, 0.1) is 0 Å². The van der Waals surface area contributed by atoms with Gasteiger partial charge in [0.25, 0.3) is 0 Å². The Morgan fingerprint density at radius 1 is 0.508 bits per heavy atom. The molecule has 0 aromatic heterocycles. The molecule has 0 heterocycles. The van der Waals surface area contributed by atoms with E-state index >= 15 is 0 Å². The fourth-order valence-electron chi connectivity index (χ4n) is 6.00. The van der Waals surface area contributed by atoms with Crippen LogP contribution in [0.4, 0.5) is 0 Å². The van der Waals surface area contributed by atoms with Gasteiger partial charge in [-0.25, -0.2) is 14.4 Å². The Balaban J connectivity index is 0.000000553. The summed E-state index contributed by atoms with van der Waals surface area (Å²) in [4.78, 5) is 58.9. The molecule has 0 saturated heterocycles. The lowest BCUT2D eigenvalue weighted by Crippen LogP contribution is -2.17. The number of Topliss-reactive ketones (excluding diaryl/α,β-unsaturated/α-hetero) is 1. The van der Waals surface area contributed by atoms with Crippen LogP contribution in [0.5, 0.6) is 23.0 Å². The summed E-state index contributed by atoms with van der Waals surface area (Å²) < 4.78 is 37.9. The maximum Gasteiger partial charge on any atom is 0.343 e. The van der Waals surface area contributed by atoms with Crippen molar-refractivity contribution in [2.24, 2.45) is 0 Å². The summed E-state index contributed by atoms with van der Waals surface area (Å²) in [5, 5.41) is 0. The molecule has 3 rings (SSSR count). The molecule has 65 heavy (non-hydrogen) atoms. The monoisotopic (exact) mass is 901 g/mol. The van der Waals surface area contributed by atoms with Crippen molar-refractivity contribution in [2.75, 3.05) is 40.1 Å². The summed E-state index contributed by atoms with van der Waals surface area (Å²) in [6.07, 6.45) is 11.5. The van der Waals surface area contributed by atoms with Gasteiger partial charge in [-0.2, -0.15) is 0 Å². The Bertz CT molecular complexity index is 1940. The lowest BCUT2D eigenvalue weighted by molar-refractivity contribution is -0.139. The van der Waals surface area contributed by atoms with Gasteiger partial charge in [-0.1, -0.05) is 46.8 Å². The summed E-state index contributed by atoms with van der Waals surface area (Å²) >= 11 is 0. The molecule has 0 aliphatic carbocycles. The molecule has 0 bridgehead atoms. The third kappa shape index (κ3) is 24.2. The molecule has 0 aliphatic rings.